The largest absolute Gasteiger partial charge is 0.487 e. The van der Waals surface area contributed by atoms with Gasteiger partial charge in [0.1, 0.15) is 18.1 Å². The van der Waals surface area contributed by atoms with Gasteiger partial charge in [0, 0.05) is 7.05 Å². The lowest BCUT2D eigenvalue weighted by molar-refractivity contribution is 0.301. The van der Waals surface area contributed by atoms with Crippen LogP contribution in [0.25, 0.3) is 0 Å². The van der Waals surface area contributed by atoms with Crippen molar-refractivity contribution < 1.29 is 9.94 Å². The zero-order valence-corrected chi connectivity index (χ0v) is 10.2. The van der Waals surface area contributed by atoms with Crippen molar-refractivity contribution in [3.8, 4) is 5.75 Å². The Morgan fingerprint density at radius 1 is 1.39 bits per heavy atom. The van der Waals surface area contributed by atoms with Gasteiger partial charge >= 0.3 is 0 Å². The van der Waals surface area contributed by atoms with Crippen LogP contribution in [0.5, 0.6) is 5.75 Å². The molecule has 1 aromatic carbocycles. The highest BCUT2D eigenvalue weighted by atomic mass is 16.5. The van der Waals surface area contributed by atoms with E-state index in [1.807, 2.05) is 31.3 Å². The van der Waals surface area contributed by atoms with E-state index in [0.29, 0.717) is 12.3 Å². The van der Waals surface area contributed by atoms with Crippen molar-refractivity contribution in [3.63, 3.8) is 0 Å². The second-order valence-electron chi connectivity index (χ2n) is 3.88. The number of hydrogen-bond donors (Lipinski definition) is 1. The van der Waals surface area contributed by atoms with E-state index in [1.54, 1.807) is 17.8 Å². The SMILES string of the molecule is C/C(=N/O)c1ccc(OCc2cn(C)nn2)cc1. The average Bonchev–Trinajstić information content (AvgIpc) is 2.82. The highest BCUT2D eigenvalue weighted by molar-refractivity contribution is 5.98. The molecule has 0 radical (unpaired) electrons. The van der Waals surface area contributed by atoms with Gasteiger partial charge in [0.25, 0.3) is 0 Å². The number of aryl methyl sites for hydroxylation is 1. The summed E-state index contributed by atoms with van der Waals surface area (Å²) in [6, 6.07) is 7.31. The fourth-order valence-electron chi connectivity index (χ4n) is 1.47. The standard InChI is InChI=1S/C12H14N4O2/c1-9(14-17)10-3-5-12(6-4-10)18-8-11-7-16(2)15-13-11/h3-7,17H,8H2,1-2H3/b14-9-. The molecule has 0 saturated heterocycles. The van der Waals surface area contributed by atoms with E-state index in [4.69, 9.17) is 9.94 Å². The number of oxime groups is 1. The molecule has 6 nitrogen and oxygen atoms in total. The molecule has 0 fully saturated rings. The van der Waals surface area contributed by atoms with Crippen LogP contribution in [-0.4, -0.2) is 25.9 Å². The molecule has 0 aliphatic rings. The molecule has 6 heteroatoms. The predicted octanol–water partition coefficient (Wildman–Crippen LogP) is 1.59. The smallest absolute Gasteiger partial charge is 0.134 e. The monoisotopic (exact) mass is 246 g/mol. The Morgan fingerprint density at radius 3 is 2.67 bits per heavy atom. The molecular formula is C12H14N4O2. The molecule has 0 bridgehead atoms. The highest BCUT2D eigenvalue weighted by Gasteiger charge is 2.01. The van der Waals surface area contributed by atoms with Gasteiger partial charge < -0.3 is 9.94 Å². The maximum Gasteiger partial charge on any atom is 0.134 e. The molecule has 0 amide bonds. The van der Waals surface area contributed by atoms with Crippen molar-refractivity contribution in [2.45, 2.75) is 13.5 Å². The summed E-state index contributed by atoms with van der Waals surface area (Å²) in [5.41, 5.74) is 2.19. The quantitative estimate of drug-likeness (QED) is 0.505. The van der Waals surface area contributed by atoms with Crippen LogP contribution in [0.2, 0.25) is 0 Å². The molecule has 2 rings (SSSR count). The van der Waals surface area contributed by atoms with Crippen molar-refractivity contribution in [2.75, 3.05) is 0 Å². The van der Waals surface area contributed by atoms with E-state index in [0.717, 1.165) is 17.0 Å². The van der Waals surface area contributed by atoms with Crippen molar-refractivity contribution in [2.24, 2.45) is 12.2 Å². The van der Waals surface area contributed by atoms with Gasteiger partial charge in [-0.2, -0.15) is 0 Å². The molecule has 0 aliphatic heterocycles. The van der Waals surface area contributed by atoms with E-state index in [9.17, 15) is 0 Å². The molecule has 1 N–H and O–H groups in total. The lowest BCUT2D eigenvalue weighted by Gasteiger charge is -2.04. The zero-order valence-electron chi connectivity index (χ0n) is 10.2. The number of rotatable bonds is 4. The first-order valence-corrected chi connectivity index (χ1v) is 5.46. The fourth-order valence-corrected chi connectivity index (χ4v) is 1.47. The summed E-state index contributed by atoms with van der Waals surface area (Å²) in [6.07, 6.45) is 1.80. The van der Waals surface area contributed by atoms with Crippen molar-refractivity contribution in [1.29, 1.82) is 0 Å². The van der Waals surface area contributed by atoms with Gasteiger partial charge in [-0.25, -0.2) is 0 Å². The highest BCUT2D eigenvalue weighted by Crippen LogP contribution is 2.14. The molecular weight excluding hydrogens is 232 g/mol. The predicted molar refractivity (Wildman–Crippen MR) is 65.8 cm³/mol. The number of nitrogens with zero attached hydrogens (tertiary/aromatic N) is 4. The number of benzene rings is 1. The fraction of sp³-hybridized carbons (Fsp3) is 0.250. The van der Waals surface area contributed by atoms with Gasteiger partial charge in [-0.15, -0.1) is 5.10 Å². The van der Waals surface area contributed by atoms with Gasteiger partial charge in [-0.3, -0.25) is 4.68 Å². The molecule has 18 heavy (non-hydrogen) atoms. The van der Waals surface area contributed by atoms with Crippen molar-refractivity contribution in [3.05, 3.63) is 41.7 Å². The third-order valence-corrected chi connectivity index (χ3v) is 2.46. The third kappa shape index (κ3) is 2.85. The van der Waals surface area contributed by atoms with Gasteiger partial charge in [-0.05, 0) is 36.8 Å². The molecule has 1 heterocycles. The molecule has 94 valence electrons. The summed E-state index contributed by atoms with van der Waals surface area (Å²) in [5, 5.41) is 19.5. The Labute approximate surface area is 105 Å². The normalized spacial score (nSPS) is 11.6. The molecule has 0 aliphatic carbocycles. The summed E-state index contributed by atoms with van der Waals surface area (Å²) >= 11 is 0. The van der Waals surface area contributed by atoms with Gasteiger partial charge in [-0.1, -0.05) is 10.4 Å². The summed E-state index contributed by atoms with van der Waals surface area (Å²) in [7, 11) is 1.81. The summed E-state index contributed by atoms with van der Waals surface area (Å²) < 4.78 is 7.18. The summed E-state index contributed by atoms with van der Waals surface area (Å²) in [5.74, 6) is 0.732. The van der Waals surface area contributed by atoms with Crippen LogP contribution < -0.4 is 4.74 Å². The summed E-state index contributed by atoms with van der Waals surface area (Å²) in [6.45, 7) is 2.11. The maximum atomic E-state index is 8.65. The first-order valence-electron chi connectivity index (χ1n) is 5.46. The van der Waals surface area contributed by atoms with Gasteiger partial charge in [0.05, 0.1) is 11.9 Å². The number of aromatic nitrogens is 3. The first-order chi connectivity index (χ1) is 8.69. The molecule has 0 unspecified atom stereocenters. The lowest BCUT2D eigenvalue weighted by atomic mass is 10.1. The minimum absolute atomic E-state index is 0.375. The number of ether oxygens (including phenoxy) is 1. The van der Waals surface area contributed by atoms with E-state index in [2.05, 4.69) is 15.5 Å². The molecule has 0 atom stereocenters. The van der Waals surface area contributed by atoms with Crippen molar-refractivity contribution >= 4 is 5.71 Å². The molecule has 1 aromatic heterocycles. The third-order valence-electron chi connectivity index (χ3n) is 2.46. The van der Waals surface area contributed by atoms with E-state index < -0.39 is 0 Å². The van der Waals surface area contributed by atoms with Crippen LogP contribution in [0, 0.1) is 0 Å². The topological polar surface area (TPSA) is 72.5 Å². The zero-order chi connectivity index (χ0) is 13.0. The Hall–Kier alpha value is -2.37. The minimum Gasteiger partial charge on any atom is -0.487 e. The van der Waals surface area contributed by atoms with Gasteiger partial charge in [0.2, 0.25) is 0 Å². The van der Waals surface area contributed by atoms with Gasteiger partial charge in [0.15, 0.2) is 0 Å². The summed E-state index contributed by atoms with van der Waals surface area (Å²) in [4.78, 5) is 0. The Kier molecular flexibility index (Phi) is 3.57. The van der Waals surface area contributed by atoms with Crippen molar-refractivity contribution in [1.82, 2.24) is 15.0 Å². The molecule has 0 saturated carbocycles. The second-order valence-corrected chi connectivity index (χ2v) is 3.88. The molecule has 0 spiro atoms. The first kappa shape index (κ1) is 12.1. The maximum absolute atomic E-state index is 8.65. The Morgan fingerprint density at radius 2 is 2.11 bits per heavy atom. The van der Waals surface area contributed by atoms with Crippen LogP contribution >= 0.6 is 0 Å². The van der Waals surface area contributed by atoms with Crippen LogP contribution in [0.15, 0.2) is 35.6 Å². The van der Waals surface area contributed by atoms with Crippen LogP contribution in [0.1, 0.15) is 18.2 Å². The van der Waals surface area contributed by atoms with Crippen LogP contribution in [0.4, 0.5) is 0 Å². The van der Waals surface area contributed by atoms with Crippen LogP contribution in [0.3, 0.4) is 0 Å². The second kappa shape index (κ2) is 5.31. The Bertz CT molecular complexity index is 545. The lowest BCUT2D eigenvalue weighted by Crippen LogP contribution is -1.97. The molecule has 2 aromatic rings. The average molecular weight is 246 g/mol. The minimum atomic E-state index is 0.375. The number of hydrogen-bond acceptors (Lipinski definition) is 5. The Balaban J connectivity index is 1.98. The van der Waals surface area contributed by atoms with E-state index in [-0.39, 0.29) is 0 Å². The van der Waals surface area contributed by atoms with E-state index in [1.165, 1.54) is 0 Å². The van der Waals surface area contributed by atoms with E-state index >= 15 is 0 Å². The van der Waals surface area contributed by atoms with Crippen LogP contribution in [-0.2, 0) is 13.7 Å².